The summed E-state index contributed by atoms with van der Waals surface area (Å²) in [6.45, 7) is 3.94. The van der Waals surface area contributed by atoms with Crippen LogP contribution >= 0.6 is 0 Å². The predicted molar refractivity (Wildman–Crippen MR) is 66.1 cm³/mol. The van der Waals surface area contributed by atoms with E-state index in [1.165, 1.54) is 0 Å². The number of hydrogen-bond donors (Lipinski definition) is 3. The molecule has 1 unspecified atom stereocenters. The van der Waals surface area contributed by atoms with Crippen LogP contribution in [0.15, 0.2) is 18.5 Å². The normalized spacial score (nSPS) is 11.7. The highest BCUT2D eigenvalue weighted by molar-refractivity contribution is 5.75. The van der Waals surface area contributed by atoms with Crippen molar-refractivity contribution < 1.29 is 14.7 Å². The minimum atomic E-state index is -0.937. The fourth-order valence-electron chi connectivity index (χ4n) is 1.46. The van der Waals surface area contributed by atoms with Gasteiger partial charge in [0.2, 0.25) is 0 Å². The van der Waals surface area contributed by atoms with Crippen LogP contribution in [0.25, 0.3) is 0 Å². The summed E-state index contributed by atoms with van der Waals surface area (Å²) < 4.78 is 0. The molecule has 0 aromatic carbocycles. The molecule has 0 aliphatic heterocycles. The Morgan fingerprint density at radius 2 is 2.22 bits per heavy atom. The topological polar surface area (TPSA) is 91.3 Å². The van der Waals surface area contributed by atoms with E-state index in [-0.39, 0.29) is 12.5 Å². The first-order chi connectivity index (χ1) is 8.49. The summed E-state index contributed by atoms with van der Waals surface area (Å²) in [5.41, 5.74) is 1.97. The van der Waals surface area contributed by atoms with Crippen LogP contribution in [0, 0.1) is 6.92 Å². The molecule has 0 aliphatic carbocycles. The van der Waals surface area contributed by atoms with Gasteiger partial charge in [0, 0.05) is 25.0 Å². The molecule has 98 valence electrons. The molecule has 0 saturated carbocycles. The molecule has 1 heterocycles. The van der Waals surface area contributed by atoms with Gasteiger partial charge in [0.25, 0.3) is 0 Å². The molecule has 2 amide bonds. The van der Waals surface area contributed by atoms with Crippen LogP contribution in [0.3, 0.4) is 0 Å². The summed E-state index contributed by atoms with van der Waals surface area (Å²) in [5, 5.41) is 13.8. The summed E-state index contributed by atoms with van der Waals surface area (Å²) >= 11 is 0. The number of hydrogen-bond acceptors (Lipinski definition) is 3. The van der Waals surface area contributed by atoms with E-state index in [0.717, 1.165) is 11.1 Å². The smallest absolute Gasteiger partial charge is 0.315 e. The van der Waals surface area contributed by atoms with Gasteiger partial charge in [-0.05, 0) is 31.0 Å². The van der Waals surface area contributed by atoms with E-state index in [0.29, 0.717) is 6.54 Å². The number of carboxylic acids is 1. The third kappa shape index (κ3) is 4.82. The number of amides is 2. The molecule has 0 aliphatic rings. The zero-order valence-corrected chi connectivity index (χ0v) is 10.4. The molecule has 6 heteroatoms. The summed E-state index contributed by atoms with van der Waals surface area (Å²) in [6, 6.07) is 1.05. The minimum Gasteiger partial charge on any atom is -0.481 e. The largest absolute Gasteiger partial charge is 0.481 e. The average Bonchev–Trinajstić information content (AvgIpc) is 2.26. The minimum absolute atomic E-state index is 0.0955. The van der Waals surface area contributed by atoms with Crippen molar-refractivity contribution >= 4 is 12.0 Å². The van der Waals surface area contributed by atoms with Gasteiger partial charge in [-0.25, -0.2) is 4.79 Å². The van der Waals surface area contributed by atoms with Crippen molar-refractivity contribution in [2.24, 2.45) is 0 Å². The lowest BCUT2D eigenvalue weighted by Gasteiger charge is -2.13. The van der Waals surface area contributed by atoms with Crippen LogP contribution in [0.2, 0.25) is 0 Å². The molecule has 1 atom stereocenters. The molecule has 3 N–H and O–H groups in total. The van der Waals surface area contributed by atoms with Crippen LogP contribution in [0.4, 0.5) is 4.79 Å². The zero-order valence-electron chi connectivity index (χ0n) is 10.4. The lowest BCUT2D eigenvalue weighted by Crippen LogP contribution is -2.41. The Labute approximate surface area is 105 Å². The number of pyridine rings is 1. The van der Waals surface area contributed by atoms with Crippen LogP contribution in [0.1, 0.15) is 24.5 Å². The van der Waals surface area contributed by atoms with Crippen LogP contribution in [0.5, 0.6) is 0 Å². The van der Waals surface area contributed by atoms with E-state index in [9.17, 15) is 9.59 Å². The van der Waals surface area contributed by atoms with Crippen LogP contribution in [-0.2, 0) is 11.3 Å². The second-order valence-electron chi connectivity index (χ2n) is 4.13. The second-order valence-corrected chi connectivity index (χ2v) is 4.13. The Balaban J connectivity index is 2.38. The number of urea groups is 1. The van der Waals surface area contributed by atoms with Gasteiger partial charge < -0.3 is 15.7 Å². The Morgan fingerprint density at radius 3 is 2.83 bits per heavy atom. The molecule has 1 aromatic rings. The van der Waals surface area contributed by atoms with Crippen LogP contribution < -0.4 is 10.6 Å². The van der Waals surface area contributed by atoms with Gasteiger partial charge in [-0.3, -0.25) is 9.78 Å². The summed E-state index contributed by atoms with van der Waals surface area (Å²) in [4.78, 5) is 25.9. The molecule has 0 saturated heterocycles. The maximum absolute atomic E-state index is 11.5. The van der Waals surface area contributed by atoms with Gasteiger partial charge in [0.15, 0.2) is 0 Å². The Bertz CT molecular complexity index is 434. The molecule has 0 fully saturated rings. The average molecular weight is 251 g/mol. The van der Waals surface area contributed by atoms with Gasteiger partial charge >= 0.3 is 12.0 Å². The first-order valence-corrected chi connectivity index (χ1v) is 5.64. The number of aliphatic carboxylic acids is 1. The third-order valence-electron chi connectivity index (χ3n) is 2.43. The fraction of sp³-hybridized carbons (Fsp3) is 0.417. The maximum Gasteiger partial charge on any atom is 0.315 e. The molecule has 18 heavy (non-hydrogen) atoms. The van der Waals surface area contributed by atoms with E-state index in [2.05, 4.69) is 15.6 Å². The summed E-state index contributed by atoms with van der Waals surface area (Å²) in [5.74, 6) is -0.937. The number of carbonyl (C=O) groups is 2. The number of rotatable bonds is 5. The quantitative estimate of drug-likeness (QED) is 0.729. The molecule has 6 nitrogen and oxygen atoms in total. The summed E-state index contributed by atoms with van der Waals surface area (Å²) in [7, 11) is 0. The third-order valence-corrected chi connectivity index (χ3v) is 2.43. The number of aryl methyl sites for hydroxylation is 1. The lowest BCUT2D eigenvalue weighted by atomic mass is 10.1. The van der Waals surface area contributed by atoms with Gasteiger partial charge in [-0.2, -0.15) is 0 Å². The fourth-order valence-corrected chi connectivity index (χ4v) is 1.46. The molecule has 1 rings (SSSR count). The molecule has 0 bridgehead atoms. The van der Waals surface area contributed by atoms with Crippen molar-refractivity contribution in [2.75, 3.05) is 0 Å². The molecule has 0 spiro atoms. The van der Waals surface area contributed by atoms with Crippen molar-refractivity contribution in [3.63, 3.8) is 0 Å². The SMILES string of the molecule is Cc1cnccc1CNC(=O)NC(C)CC(=O)O. The highest BCUT2D eigenvalue weighted by Crippen LogP contribution is 2.03. The van der Waals surface area contributed by atoms with Gasteiger partial charge in [0.1, 0.15) is 0 Å². The Hall–Kier alpha value is -2.11. The number of nitrogens with one attached hydrogen (secondary N) is 2. The molecule has 0 radical (unpaired) electrons. The number of carbonyl (C=O) groups excluding carboxylic acids is 1. The number of aromatic nitrogens is 1. The molecular formula is C12H17N3O3. The van der Waals surface area contributed by atoms with Gasteiger partial charge in [-0.1, -0.05) is 0 Å². The first kappa shape index (κ1) is 14.0. The summed E-state index contributed by atoms with van der Waals surface area (Å²) in [6.07, 6.45) is 3.29. The lowest BCUT2D eigenvalue weighted by molar-refractivity contribution is -0.137. The number of carboxylic acid groups (broad SMARTS) is 1. The number of nitrogens with zero attached hydrogens (tertiary/aromatic N) is 1. The van der Waals surface area contributed by atoms with Crippen molar-refractivity contribution in [3.8, 4) is 0 Å². The van der Waals surface area contributed by atoms with E-state index in [1.54, 1.807) is 19.3 Å². The van der Waals surface area contributed by atoms with E-state index in [1.807, 2.05) is 13.0 Å². The monoisotopic (exact) mass is 251 g/mol. The van der Waals surface area contributed by atoms with E-state index < -0.39 is 12.0 Å². The van der Waals surface area contributed by atoms with Crippen molar-refractivity contribution in [3.05, 3.63) is 29.6 Å². The van der Waals surface area contributed by atoms with E-state index >= 15 is 0 Å². The van der Waals surface area contributed by atoms with Gasteiger partial charge in [-0.15, -0.1) is 0 Å². The second kappa shape index (κ2) is 6.58. The van der Waals surface area contributed by atoms with Crippen molar-refractivity contribution in [1.29, 1.82) is 0 Å². The van der Waals surface area contributed by atoms with Crippen LogP contribution in [-0.4, -0.2) is 28.1 Å². The standard InChI is InChI=1S/C12H17N3O3/c1-8-6-13-4-3-10(8)7-14-12(18)15-9(2)5-11(16)17/h3-4,6,9H,5,7H2,1-2H3,(H,16,17)(H2,14,15,18). The molecular weight excluding hydrogens is 234 g/mol. The van der Waals surface area contributed by atoms with E-state index in [4.69, 9.17) is 5.11 Å². The highest BCUT2D eigenvalue weighted by atomic mass is 16.4. The maximum atomic E-state index is 11.5. The predicted octanol–water partition coefficient (Wildman–Crippen LogP) is 1.05. The van der Waals surface area contributed by atoms with Crippen molar-refractivity contribution in [1.82, 2.24) is 15.6 Å². The first-order valence-electron chi connectivity index (χ1n) is 5.64. The molecule has 1 aromatic heterocycles. The zero-order chi connectivity index (χ0) is 13.5. The van der Waals surface area contributed by atoms with Crippen molar-refractivity contribution in [2.45, 2.75) is 32.9 Å². The Morgan fingerprint density at radius 1 is 1.50 bits per heavy atom. The van der Waals surface area contributed by atoms with Gasteiger partial charge in [0.05, 0.1) is 6.42 Å². The Kier molecular flexibility index (Phi) is 5.10. The highest BCUT2D eigenvalue weighted by Gasteiger charge is 2.10.